The molecule has 0 aliphatic carbocycles. The van der Waals surface area contributed by atoms with E-state index in [0.717, 1.165) is 56.6 Å². The van der Waals surface area contributed by atoms with E-state index >= 15 is 0 Å². The molecule has 46 heavy (non-hydrogen) atoms. The Morgan fingerprint density at radius 3 is 2.33 bits per heavy atom. The first-order valence-electron chi connectivity index (χ1n) is 15.6. The van der Waals surface area contributed by atoms with Gasteiger partial charge in [0.05, 0.1) is 16.4 Å². The summed E-state index contributed by atoms with van der Waals surface area (Å²) < 4.78 is 16.5. The smallest absolute Gasteiger partial charge is 0.423 e. The Morgan fingerprint density at radius 2 is 1.43 bits per heavy atom. The monoisotopic (exact) mass is 609 g/mol. The van der Waals surface area contributed by atoms with E-state index in [9.17, 15) is 0 Å². The molecule has 0 bridgehead atoms. The van der Waals surface area contributed by atoms with Gasteiger partial charge in [-0.05, 0) is 67.6 Å². The molecular weight excluding hydrogens is 587 g/mol. The van der Waals surface area contributed by atoms with Crippen molar-refractivity contribution in [1.82, 2.24) is 14.3 Å². The van der Waals surface area contributed by atoms with Gasteiger partial charge in [-0.2, -0.15) is 9.13 Å². The number of benzene rings is 5. The van der Waals surface area contributed by atoms with E-state index in [4.69, 9.17) is 9.84 Å². The lowest BCUT2D eigenvalue weighted by molar-refractivity contribution is -1.01. The van der Waals surface area contributed by atoms with E-state index in [-0.39, 0.29) is 0 Å². The Bertz CT molecular complexity index is 2870. The second-order valence-corrected chi connectivity index (χ2v) is 13.6. The van der Waals surface area contributed by atoms with Gasteiger partial charge in [-0.25, -0.2) is 0 Å². The highest BCUT2D eigenvalue weighted by atomic mass is 32.1. The highest BCUT2D eigenvalue weighted by Crippen LogP contribution is 2.54. The van der Waals surface area contributed by atoms with Gasteiger partial charge in [0, 0.05) is 36.2 Å². The number of rotatable bonds is 1. The minimum Gasteiger partial charge on any atom is -0.456 e. The molecule has 7 heteroatoms. The fourth-order valence-electron chi connectivity index (χ4n) is 8.60. The first-order chi connectivity index (χ1) is 22.7. The molecule has 214 valence electrons. The van der Waals surface area contributed by atoms with Crippen LogP contribution in [0.5, 0.6) is 11.5 Å². The number of ether oxygens (including phenoxy) is 1. The third kappa shape index (κ3) is 2.44. The lowest BCUT2D eigenvalue weighted by Gasteiger charge is -2.31. The molecule has 3 aliphatic rings. The summed E-state index contributed by atoms with van der Waals surface area (Å²) in [6, 6.07) is 41.4. The first kappa shape index (κ1) is 23.6. The Hall–Kier alpha value is -5.79. The average Bonchev–Trinajstić information content (AvgIpc) is 3.82. The fraction of sp³-hybridized carbons (Fsp3) is 0.0513. The van der Waals surface area contributed by atoms with Crippen LogP contribution in [0.1, 0.15) is 16.8 Å². The highest BCUT2D eigenvalue weighted by Gasteiger charge is 2.70. The van der Waals surface area contributed by atoms with Gasteiger partial charge in [0.25, 0.3) is 0 Å². The lowest BCUT2D eigenvalue weighted by Crippen LogP contribution is -2.77. The van der Waals surface area contributed by atoms with E-state index in [2.05, 4.69) is 147 Å². The second kappa shape index (κ2) is 7.70. The number of fused-ring (bicyclic) bond motifs is 9. The largest absolute Gasteiger partial charge is 0.456 e. The molecule has 0 amide bonds. The van der Waals surface area contributed by atoms with E-state index in [1.165, 1.54) is 36.5 Å². The van der Waals surface area contributed by atoms with Crippen molar-refractivity contribution in [3.05, 3.63) is 138 Å². The van der Waals surface area contributed by atoms with Gasteiger partial charge >= 0.3 is 11.3 Å². The van der Waals surface area contributed by atoms with E-state index in [1.807, 2.05) is 11.3 Å². The van der Waals surface area contributed by atoms with Gasteiger partial charge < -0.3 is 4.74 Å². The van der Waals surface area contributed by atoms with Crippen molar-refractivity contribution in [2.45, 2.75) is 12.6 Å². The average molecular weight is 610 g/mol. The fourth-order valence-corrected chi connectivity index (χ4v) is 9.75. The summed E-state index contributed by atoms with van der Waals surface area (Å²) in [5, 5.41) is 10.6. The molecule has 6 nitrogen and oxygen atoms in total. The maximum Gasteiger partial charge on any atom is 0.423 e. The summed E-state index contributed by atoms with van der Waals surface area (Å²) in [6.45, 7) is 2.19. The Labute approximate surface area is 266 Å². The molecule has 0 radical (unpaired) electrons. The molecule has 0 fully saturated rings. The van der Waals surface area contributed by atoms with E-state index in [1.54, 1.807) is 0 Å². The molecule has 0 saturated heterocycles. The summed E-state index contributed by atoms with van der Waals surface area (Å²) in [5.74, 6) is 1.71. The van der Waals surface area contributed by atoms with E-state index < -0.39 is 5.66 Å². The van der Waals surface area contributed by atoms with Gasteiger partial charge in [-0.1, -0.05) is 59.3 Å². The van der Waals surface area contributed by atoms with Crippen molar-refractivity contribution < 1.29 is 14.1 Å². The topological polar surface area (TPSA) is 39.7 Å². The Kier molecular flexibility index (Phi) is 3.95. The molecule has 0 saturated carbocycles. The Morgan fingerprint density at radius 1 is 0.696 bits per heavy atom. The minimum absolute atomic E-state index is 0.787. The van der Waals surface area contributed by atoms with Crippen LogP contribution in [-0.2, 0) is 5.66 Å². The van der Waals surface area contributed by atoms with Crippen LogP contribution in [0.2, 0.25) is 0 Å². The van der Waals surface area contributed by atoms with Gasteiger partial charge in [-0.15, -0.1) is 11.3 Å². The predicted molar refractivity (Wildman–Crippen MR) is 179 cm³/mol. The third-order valence-corrected chi connectivity index (χ3v) is 11.5. The van der Waals surface area contributed by atoms with Gasteiger partial charge in [-0.3, -0.25) is 0 Å². The number of thiophene rings is 1. The molecule has 3 aliphatic heterocycles. The van der Waals surface area contributed by atoms with Crippen LogP contribution in [0.25, 0.3) is 64.7 Å². The molecule has 7 heterocycles. The van der Waals surface area contributed by atoms with E-state index in [0.29, 0.717) is 0 Å². The Balaban J connectivity index is 1.24. The molecule has 1 atom stereocenters. The molecule has 9 aromatic rings. The zero-order valence-corrected chi connectivity index (χ0v) is 25.4. The normalized spacial score (nSPS) is 16.6. The maximum absolute atomic E-state index is 6.76. The predicted octanol–water partition coefficient (Wildman–Crippen LogP) is 7.92. The van der Waals surface area contributed by atoms with Crippen molar-refractivity contribution in [2.75, 3.05) is 0 Å². The number of para-hydroxylation sites is 1. The quantitative estimate of drug-likeness (QED) is 0.178. The van der Waals surface area contributed by atoms with Crippen molar-refractivity contribution in [3.63, 3.8) is 0 Å². The van der Waals surface area contributed by atoms with Crippen LogP contribution in [0, 0.1) is 6.92 Å². The number of nitrogens with zero attached hydrogens (tertiary/aromatic N) is 5. The van der Waals surface area contributed by atoms with Gasteiger partial charge in [0.1, 0.15) is 28.4 Å². The van der Waals surface area contributed by atoms with Crippen LogP contribution < -0.4 is 14.1 Å². The van der Waals surface area contributed by atoms with Crippen LogP contribution in [-0.4, -0.2) is 14.3 Å². The van der Waals surface area contributed by atoms with Crippen LogP contribution in [0.3, 0.4) is 0 Å². The third-order valence-electron chi connectivity index (χ3n) is 10.3. The summed E-state index contributed by atoms with van der Waals surface area (Å²) in [6.07, 6.45) is 2.22. The molecule has 4 aromatic heterocycles. The van der Waals surface area contributed by atoms with Crippen LogP contribution >= 0.6 is 11.3 Å². The van der Waals surface area contributed by atoms with Gasteiger partial charge in [0.2, 0.25) is 0 Å². The number of hydrogen-bond acceptors (Lipinski definition) is 3. The zero-order valence-electron chi connectivity index (χ0n) is 24.6. The van der Waals surface area contributed by atoms with Crippen molar-refractivity contribution in [2.24, 2.45) is 0 Å². The number of pyridine rings is 1. The van der Waals surface area contributed by atoms with Crippen molar-refractivity contribution in [1.29, 1.82) is 0 Å². The highest BCUT2D eigenvalue weighted by molar-refractivity contribution is 7.25. The number of hydrogen-bond donors (Lipinski definition) is 0. The molecule has 5 aromatic carbocycles. The summed E-state index contributed by atoms with van der Waals surface area (Å²) in [4.78, 5) is 2.23. The molecule has 0 N–H and O–H groups in total. The van der Waals surface area contributed by atoms with Crippen molar-refractivity contribution >= 4 is 53.4 Å². The summed E-state index contributed by atoms with van der Waals surface area (Å²) in [5.41, 5.74) is 9.15. The lowest BCUT2D eigenvalue weighted by atomic mass is 9.85. The standard InChI is InChI=1S/C39H23N5OS/c1-22-37(23-18-19-26-25-10-3-5-17-33(25)46-34(26)21-23)40-44-39-35-29(13-6-15-31(35)45-32-16-7-14-30(36(32)39)43(22)44)42-28-12-4-2-9-24(28)27-11-8-20-41(39)38(27)42/h2-21H,1H3/q+2. The first-order valence-corrected chi connectivity index (χ1v) is 16.4. The molecule has 1 spiro atoms. The van der Waals surface area contributed by atoms with Crippen LogP contribution in [0.15, 0.2) is 121 Å². The molecular formula is C39H23N5OS+2. The van der Waals surface area contributed by atoms with Crippen molar-refractivity contribution in [3.8, 4) is 34.1 Å². The molecule has 1 unspecified atom stereocenters. The summed E-state index contributed by atoms with van der Waals surface area (Å²) >= 11 is 1.84. The maximum atomic E-state index is 6.76. The van der Waals surface area contributed by atoms with Gasteiger partial charge in [0.15, 0.2) is 22.5 Å². The molecule has 12 rings (SSSR count). The summed E-state index contributed by atoms with van der Waals surface area (Å²) in [7, 11) is 0. The number of aromatic nitrogens is 5. The second-order valence-electron chi connectivity index (χ2n) is 12.5. The zero-order chi connectivity index (χ0) is 29.9. The van der Waals surface area contributed by atoms with Crippen LogP contribution in [0.4, 0.5) is 0 Å². The minimum atomic E-state index is -0.787. The SMILES string of the molecule is Cc1c(-c2ccc3c(c2)sc2ccccc23)n[n+]2n1-c1cccc3c1C21c2c(cccc2-n2c4ccccc4c4ccc[n+]1c42)O3.